The van der Waals surface area contributed by atoms with Crippen LogP contribution in [0.2, 0.25) is 0 Å². The molecule has 1 heterocycles. The van der Waals surface area contributed by atoms with E-state index in [1.54, 1.807) is 0 Å². The SMILES string of the molecule is FC(F)(F)CCSCc1ccc(C(F)(F)F)cn1. The van der Waals surface area contributed by atoms with Crippen LogP contribution in [0.5, 0.6) is 0 Å². The van der Waals surface area contributed by atoms with Crippen LogP contribution in [0.25, 0.3) is 0 Å². The Labute approximate surface area is 104 Å². The van der Waals surface area contributed by atoms with Gasteiger partial charge < -0.3 is 0 Å². The van der Waals surface area contributed by atoms with Crippen molar-refractivity contribution >= 4 is 11.8 Å². The lowest BCUT2D eigenvalue weighted by Crippen LogP contribution is -2.08. The van der Waals surface area contributed by atoms with E-state index in [4.69, 9.17) is 0 Å². The topological polar surface area (TPSA) is 12.9 Å². The first-order valence-corrected chi connectivity index (χ1v) is 6.00. The maximum Gasteiger partial charge on any atom is 0.417 e. The molecule has 0 aromatic carbocycles. The van der Waals surface area contributed by atoms with Crippen molar-refractivity contribution in [1.82, 2.24) is 4.98 Å². The van der Waals surface area contributed by atoms with Crippen LogP contribution in [-0.2, 0) is 11.9 Å². The first kappa shape index (κ1) is 15.1. The molecular formula is C10H9F6NS. The Bertz CT molecular complexity index is 369. The second kappa shape index (κ2) is 5.81. The molecule has 0 N–H and O–H groups in total. The van der Waals surface area contributed by atoms with Crippen LogP contribution in [0.3, 0.4) is 0 Å². The minimum absolute atomic E-state index is 0.133. The first-order chi connectivity index (χ1) is 8.18. The van der Waals surface area contributed by atoms with E-state index in [0.29, 0.717) is 11.9 Å². The molecule has 0 fully saturated rings. The second-order valence-corrected chi connectivity index (χ2v) is 4.56. The Balaban J connectivity index is 2.41. The van der Waals surface area contributed by atoms with Gasteiger partial charge in [0.25, 0.3) is 0 Å². The third-order valence-corrected chi connectivity index (χ3v) is 2.92. The van der Waals surface area contributed by atoms with Crippen LogP contribution in [0.1, 0.15) is 17.7 Å². The highest BCUT2D eigenvalue weighted by Crippen LogP contribution is 2.29. The van der Waals surface area contributed by atoms with Crippen molar-refractivity contribution in [1.29, 1.82) is 0 Å². The summed E-state index contributed by atoms with van der Waals surface area (Å²) in [6, 6.07) is 2.04. The lowest BCUT2D eigenvalue weighted by molar-refractivity contribution is -0.137. The minimum atomic E-state index is -4.45. The highest BCUT2D eigenvalue weighted by Gasteiger charge is 2.30. The molecule has 1 aromatic rings. The molecule has 0 unspecified atom stereocenters. The van der Waals surface area contributed by atoms with E-state index in [1.807, 2.05) is 0 Å². The zero-order valence-corrected chi connectivity index (χ0v) is 9.79. The fourth-order valence-corrected chi connectivity index (χ4v) is 1.94. The Morgan fingerprint density at radius 1 is 1.06 bits per heavy atom. The number of halogens is 6. The molecular weight excluding hydrogens is 280 g/mol. The van der Waals surface area contributed by atoms with Gasteiger partial charge in [0.2, 0.25) is 0 Å². The number of rotatable bonds is 4. The number of nitrogens with zero attached hydrogens (tertiary/aromatic N) is 1. The van der Waals surface area contributed by atoms with Gasteiger partial charge >= 0.3 is 12.4 Å². The molecule has 0 aliphatic heterocycles. The zero-order chi connectivity index (χ0) is 13.8. The summed E-state index contributed by atoms with van der Waals surface area (Å²) in [5.74, 6) is 0.0282. The average Bonchev–Trinajstić information content (AvgIpc) is 2.22. The van der Waals surface area contributed by atoms with Crippen LogP contribution >= 0.6 is 11.8 Å². The van der Waals surface area contributed by atoms with E-state index >= 15 is 0 Å². The van der Waals surface area contributed by atoms with Crippen LogP contribution < -0.4 is 0 Å². The van der Waals surface area contributed by atoms with E-state index in [9.17, 15) is 26.3 Å². The largest absolute Gasteiger partial charge is 0.417 e. The summed E-state index contributed by atoms with van der Waals surface area (Å²) >= 11 is 0.983. The molecule has 8 heteroatoms. The van der Waals surface area contributed by atoms with Crippen molar-refractivity contribution < 1.29 is 26.3 Å². The van der Waals surface area contributed by atoms with Crippen LogP contribution in [-0.4, -0.2) is 16.9 Å². The highest BCUT2D eigenvalue weighted by molar-refractivity contribution is 7.98. The van der Waals surface area contributed by atoms with E-state index in [2.05, 4.69) is 4.98 Å². The van der Waals surface area contributed by atoms with Crippen LogP contribution in [0, 0.1) is 0 Å². The zero-order valence-electron chi connectivity index (χ0n) is 8.98. The summed E-state index contributed by atoms with van der Waals surface area (Å²) < 4.78 is 72.0. The summed E-state index contributed by atoms with van der Waals surface area (Å²) in [6.45, 7) is 0. The molecule has 1 nitrogen and oxygen atoms in total. The van der Waals surface area contributed by atoms with E-state index in [-0.39, 0.29) is 11.5 Å². The number of thioether (sulfide) groups is 1. The molecule has 1 rings (SSSR count). The predicted molar refractivity (Wildman–Crippen MR) is 56.1 cm³/mol. The van der Waals surface area contributed by atoms with Gasteiger partial charge in [0.15, 0.2) is 0 Å². The van der Waals surface area contributed by atoms with Crippen molar-refractivity contribution in [3.63, 3.8) is 0 Å². The van der Waals surface area contributed by atoms with Gasteiger partial charge in [0.1, 0.15) is 0 Å². The lowest BCUT2D eigenvalue weighted by Gasteiger charge is -2.07. The molecule has 18 heavy (non-hydrogen) atoms. The Morgan fingerprint density at radius 2 is 1.72 bits per heavy atom. The standard InChI is InChI=1S/C10H9F6NS/c11-9(12,13)3-4-18-6-8-2-1-7(5-17-8)10(14,15)16/h1-2,5H,3-4,6H2. The molecule has 0 aliphatic carbocycles. The van der Waals surface area contributed by atoms with Crippen LogP contribution in [0.15, 0.2) is 18.3 Å². The van der Waals surface area contributed by atoms with Gasteiger partial charge in [-0.15, -0.1) is 0 Å². The molecule has 102 valence electrons. The molecule has 0 amide bonds. The van der Waals surface area contributed by atoms with E-state index in [1.165, 1.54) is 6.07 Å². The third kappa shape index (κ3) is 5.61. The maximum atomic E-state index is 12.2. The van der Waals surface area contributed by atoms with Crippen molar-refractivity contribution in [2.75, 3.05) is 5.75 Å². The number of alkyl halides is 6. The fraction of sp³-hybridized carbons (Fsp3) is 0.500. The molecule has 0 radical (unpaired) electrons. The summed E-state index contributed by atoms with van der Waals surface area (Å²) in [5.41, 5.74) is -0.540. The van der Waals surface area contributed by atoms with Gasteiger partial charge in [-0.25, -0.2) is 0 Å². The lowest BCUT2D eigenvalue weighted by atomic mass is 10.2. The number of pyridine rings is 1. The van der Waals surface area contributed by atoms with Gasteiger partial charge in [-0.2, -0.15) is 38.1 Å². The fourth-order valence-electron chi connectivity index (χ4n) is 1.04. The molecule has 0 bridgehead atoms. The third-order valence-electron chi connectivity index (χ3n) is 1.93. The van der Waals surface area contributed by atoms with Crippen molar-refractivity contribution in [2.24, 2.45) is 0 Å². The monoisotopic (exact) mass is 289 g/mol. The van der Waals surface area contributed by atoms with Crippen molar-refractivity contribution in [3.8, 4) is 0 Å². The van der Waals surface area contributed by atoms with Gasteiger partial charge in [-0.3, -0.25) is 4.98 Å². The maximum absolute atomic E-state index is 12.2. The first-order valence-electron chi connectivity index (χ1n) is 4.85. The second-order valence-electron chi connectivity index (χ2n) is 3.45. The van der Waals surface area contributed by atoms with Gasteiger partial charge in [-0.1, -0.05) is 0 Å². The van der Waals surface area contributed by atoms with E-state index < -0.39 is 24.3 Å². The summed E-state index contributed by atoms with van der Waals surface area (Å²) in [4.78, 5) is 3.56. The van der Waals surface area contributed by atoms with Gasteiger partial charge in [-0.05, 0) is 12.1 Å². The van der Waals surface area contributed by atoms with Crippen LogP contribution in [0.4, 0.5) is 26.3 Å². The predicted octanol–water partition coefficient (Wildman–Crippen LogP) is 4.29. The minimum Gasteiger partial charge on any atom is -0.260 e. The normalized spacial score (nSPS) is 12.8. The molecule has 0 saturated heterocycles. The Hall–Kier alpha value is -0.920. The highest BCUT2D eigenvalue weighted by atomic mass is 32.2. The molecule has 0 spiro atoms. The summed E-state index contributed by atoms with van der Waals surface area (Å²) in [6.07, 6.45) is -8.90. The smallest absolute Gasteiger partial charge is 0.260 e. The summed E-state index contributed by atoms with van der Waals surface area (Å²) in [5, 5.41) is 0. The number of hydrogen-bond acceptors (Lipinski definition) is 2. The Morgan fingerprint density at radius 3 is 2.17 bits per heavy atom. The quantitative estimate of drug-likeness (QED) is 0.606. The van der Waals surface area contributed by atoms with Crippen molar-refractivity contribution in [2.45, 2.75) is 24.5 Å². The van der Waals surface area contributed by atoms with Gasteiger partial charge in [0.05, 0.1) is 17.7 Å². The molecule has 0 saturated carbocycles. The Kier molecular flexibility index (Phi) is 4.89. The molecule has 1 aromatic heterocycles. The summed E-state index contributed by atoms with van der Waals surface area (Å²) in [7, 11) is 0. The van der Waals surface area contributed by atoms with Gasteiger partial charge in [0, 0.05) is 17.7 Å². The average molecular weight is 289 g/mol. The number of hydrogen-bond donors (Lipinski definition) is 0. The molecule has 0 atom stereocenters. The molecule has 0 aliphatic rings. The van der Waals surface area contributed by atoms with E-state index in [0.717, 1.165) is 17.8 Å². The van der Waals surface area contributed by atoms with Crippen molar-refractivity contribution in [3.05, 3.63) is 29.6 Å². The number of aromatic nitrogens is 1.